The number of piperidine rings is 1. The molecule has 0 saturated carbocycles. The number of nitrogens with zero attached hydrogens (tertiary/aromatic N) is 5. The van der Waals surface area contributed by atoms with Crippen molar-refractivity contribution in [1.29, 1.82) is 5.26 Å². The maximum atomic E-state index is 14.3. The third-order valence-electron chi connectivity index (χ3n) is 7.35. The first-order valence-electron chi connectivity index (χ1n) is 12.8. The van der Waals surface area contributed by atoms with E-state index in [1.54, 1.807) is 18.2 Å². The summed E-state index contributed by atoms with van der Waals surface area (Å²) < 4.78 is 35.3. The molecule has 1 atom stereocenters. The third-order valence-corrected chi connectivity index (χ3v) is 7.35. The summed E-state index contributed by atoms with van der Waals surface area (Å²) in [6, 6.07) is 15.9. The van der Waals surface area contributed by atoms with Crippen LogP contribution >= 0.6 is 0 Å². The van der Waals surface area contributed by atoms with Crippen molar-refractivity contribution in [3.05, 3.63) is 89.1 Å². The van der Waals surface area contributed by atoms with Gasteiger partial charge in [-0.2, -0.15) is 5.26 Å². The van der Waals surface area contributed by atoms with E-state index < -0.39 is 17.7 Å². The number of halogens is 2. The first-order chi connectivity index (χ1) is 19.3. The van der Waals surface area contributed by atoms with Gasteiger partial charge in [0.05, 0.1) is 28.3 Å². The lowest BCUT2D eigenvalue weighted by Gasteiger charge is -2.35. The Morgan fingerprint density at radius 1 is 1.05 bits per heavy atom. The Labute approximate surface area is 228 Å². The number of carbonyl (C=O) groups excluding carboxylic acids is 1. The fourth-order valence-electron chi connectivity index (χ4n) is 5.50. The van der Waals surface area contributed by atoms with Crippen LogP contribution in [0.25, 0.3) is 27.8 Å². The lowest BCUT2D eigenvalue weighted by molar-refractivity contribution is -0.120. The Morgan fingerprint density at radius 3 is 2.58 bits per heavy atom. The van der Waals surface area contributed by atoms with Gasteiger partial charge in [-0.1, -0.05) is 11.2 Å². The highest BCUT2D eigenvalue weighted by Crippen LogP contribution is 2.39. The van der Waals surface area contributed by atoms with E-state index in [9.17, 15) is 18.8 Å². The molecule has 3 aromatic carbocycles. The largest absolute Gasteiger partial charge is 0.398 e. The van der Waals surface area contributed by atoms with Crippen LogP contribution in [-0.4, -0.2) is 20.6 Å². The van der Waals surface area contributed by atoms with E-state index in [2.05, 4.69) is 11.2 Å². The van der Waals surface area contributed by atoms with Gasteiger partial charge in [0.2, 0.25) is 5.91 Å². The van der Waals surface area contributed by atoms with Gasteiger partial charge in [0.1, 0.15) is 17.7 Å². The lowest BCUT2D eigenvalue weighted by atomic mass is 9.99. The van der Waals surface area contributed by atoms with Crippen LogP contribution in [-0.2, 0) is 4.79 Å². The molecule has 0 bridgehead atoms. The third kappa shape index (κ3) is 4.07. The molecule has 2 aromatic heterocycles. The predicted octanol–water partition coefficient (Wildman–Crippen LogP) is 6.29. The summed E-state index contributed by atoms with van der Waals surface area (Å²) in [5.41, 5.74) is 11.4. The number of hydrogen-bond donors (Lipinski definition) is 1. The number of anilines is 2. The van der Waals surface area contributed by atoms with Crippen LogP contribution in [0.2, 0.25) is 0 Å². The first kappa shape index (κ1) is 25.2. The first-order valence-corrected chi connectivity index (χ1v) is 12.8. The second kappa shape index (κ2) is 9.61. The van der Waals surface area contributed by atoms with E-state index in [-0.39, 0.29) is 18.0 Å². The van der Waals surface area contributed by atoms with Crippen LogP contribution in [0.3, 0.4) is 0 Å². The Hall–Kier alpha value is -5.04. The molecule has 6 rings (SSSR count). The average Bonchev–Trinajstić information content (AvgIpc) is 3.49. The molecule has 1 amide bonds. The second-order valence-electron chi connectivity index (χ2n) is 9.86. The van der Waals surface area contributed by atoms with E-state index in [4.69, 9.17) is 15.2 Å². The molecule has 10 heteroatoms. The van der Waals surface area contributed by atoms with Gasteiger partial charge < -0.3 is 15.2 Å². The van der Waals surface area contributed by atoms with Gasteiger partial charge in [-0.25, -0.2) is 13.8 Å². The molecule has 0 unspecified atom stereocenters. The van der Waals surface area contributed by atoms with E-state index >= 15 is 0 Å². The van der Waals surface area contributed by atoms with Gasteiger partial charge in [0, 0.05) is 35.1 Å². The number of carbonyl (C=O) groups is 1. The summed E-state index contributed by atoms with van der Waals surface area (Å²) in [7, 11) is 0. The molecule has 40 heavy (non-hydrogen) atoms. The number of fused-ring (bicyclic) bond motifs is 1. The lowest BCUT2D eigenvalue weighted by Crippen LogP contribution is -2.39. The van der Waals surface area contributed by atoms with Crippen molar-refractivity contribution in [2.75, 3.05) is 10.6 Å². The summed E-state index contributed by atoms with van der Waals surface area (Å²) in [5, 5.41) is 13.7. The number of aromatic nitrogens is 3. The smallest absolute Gasteiger partial charge is 0.227 e. The molecule has 2 N–H and O–H groups in total. The number of rotatable bonds is 4. The Kier molecular flexibility index (Phi) is 6.07. The molecule has 1 aliphatic rings. The van der Waals surface area contributed by atoms with Crippen molar-refractivity contribution in [2.24, 2.45) is 0 Å². The fourth-order valence-corrected chi connectivity index (χ4v) is 5.50. The van der Waals surface area contributed by atoms with Crippen molar-refractivity contribution < 1.29 is 18.1 Å². The molecule has 0 aliphatic carbocycles. The Morgan fingerprint density at radius 2 is 1.85 bits per heavy atom. The minimum Gasteiger partial charge on any atom is -0.398 e. The van der Waals surface area contributed by atoms with Gasteiger partial charge >= 0.3 is 0 Å². The van der Waals surface area contributed by atoms with Gasteiger partial charge in [-0.3, -0.25) is 9.36 Å². The highest BCUT2D eigenvalue weighted by molar-refractivity contribution is 5.95. The van der Waals surface area contributed by atoms with Crippen LogP contribution in [0.15, 0.2) is 59.1 Å². The van der Waals surface area contributed by atoms with E-state index in [0.29, 0.717) is 46.9 Å². The monoisotopic (exact) mass is 538 g/mol. The molecule has 1 aliphatic heterocycles. The zero-order chi connectivity index (χ0) is 28.1. The van der Waals surface area contributed by atoms with Crippen molar-refractivity contribution >= 4 is 28.3 Å². The molecule has 0 spiro atoms. The van der Waals surface area contributed by atoms with Crippen molar-refractivity contribution in [3.63, 3.8) is 0 Å². The fraction of sp³-hybridized carbons (Fsp3) is 0.200. The van der Waals surface area contributed by atoms with Crippen LogP contribution in [0.4, 0.5) is 20.2 Å². The minimum absolute atomic E-state index is 0.215. The molecule has 8 nitrogen and oxygen atoms in total. The van der Waals surface area contributed by atoms with Crippen LogP contribution in [0, 0.1) is 36.8 Å². The minimum atomic E-state index is -1.04. The van der Waals surface area contributed by atoms with Crippen molar-refractivity contribution in [2.45, 2.75) is 39.2 Å². The van der Waals surface area contributed by atoms with Gasteiger partial charge in [-0.15, -0.1) is 0 Å². The molecular weight excluding hydrogens is 514 g/mol. The van der Waals surface area contributed by atoms with E-state index in [1.807, 2.05) is 36.6 Å². The van der Waals surface area contributed by atoms with E-state index in [1.165, 1.54) is 11.0 Å². The summed E-state index contributed by atoms with van der Waals surface area (Å²) in [6.45, 7) is 3.71. The van der Waals surface area contributed by atoms with Gasteiger partial charge in [0.25, 0.3) is 0 Å². The van der Waals surface area contributed by atoms with Gasteiger partial charge in [0.15, 0.2) is 11.6 Å². The van der Waals surface area contributed by atoms with Crippen LogP contribution in [0.5, 0.6) is 0 Å². The van der Waals surface area contributed by atoms with Gasteiger partial charge in [-0.05, 0) is 74.7 Å². The molecule has 0 radical (unpaired) electrons. The van der Waals surface area contributed by atoms with Crippen molar-refractivity contribution in [3.8, 4) is 22.9 Å². The molecule has 1 fully saturated rings. The summed E-state index contributed by atoms with van der Waals surface area (Å²) in [6.07, 6.45) is 1.42. The summed E-state index contributed by atoms with van der Waals surface area (Å²) >= 11 is 0. The second-order valence-corrected chi connectivity index (χ2v) is 9.86. The van der Waals surface area contributed by atoms with Crippen LogP contribution < -0.4 is 10.6 Å². The normalized spacial score (nSPS) is 15.5. The number of aryl methyl sites for hydroxylation is 2. The predicted molar refractivity (Wildman–Crippen MR) is 146 cm³/mol. The number of nitriles is 1. The number of benzene rings is 3. The maximum Gasteiger partial charge on any atom is 0.227 e. The Bertz CT molecular complexity index is 1830. The SMILES string of the molecule is Cc1noc(C)c1-c1ccc2c(c1)nc([C@@H]1CCCC(=O)N1c1ccc(F)c(F)c1)n2-c1ccc(N)c(C#N)c1. The highest BCUT2D eigenvalue weighted by Gasteiger charge is 2.35. The number of hydrogen-bond acceptors (Lipinski definition) is 6. The molecule has 200 valence electrons. The standard InChI is InChI=1S/C30H24F2N6O2/c1-16-29(17(2)40-36-16)18-6-11-26-25(13-18)35-30(38(26)20-8-10-24(34)19(12-20)15-33)27-4-3-5-28(39)37(27)21-7-9-22(31)23(32)14-21/h6-14,27H,3-5,34H2,1-2H3/t27-/m0/s1. The van der Waals surface area contributed by atoms with Crippen molar-refractivity contribution in [1.82, 2.24) is 14.7 Å². The summed E-state index contributed by atoms with van der Waals surface area (Å²) in [4.78, 5) is 19.8. The molecule has 5 aromatic rings. The quantitative estimate of drug-likeness (QED) is 0.269. The zero-order valence-electron chi connectivity index (χ0n) is 21.8. The van der Waals surface area contributed by atoms with Crippen LogP contribution in [0.1, 0.15) is 48.1 Å². The maximum absolute atomic E-state index is 14.3. The van der Waals surface area contributed by atoms with E-state index in [0.717, 1.165) is 34.5 Å². The number of amides is 1. The topological polar surface area (TPSA) is 114 Å². The number of imidazole rings is 1. The molecule has 1 saturated heterocycles. The summed E-state index contributed by atoms with van der Waals surface area (Å²) in [5.74, 6) is -1.04. The highest BCUT2D eigenvalue weighted by atomic mass is 19.2. The zero-order valence-corrected chi connectivity index (χ0v) is 21.8. The number of nitrogen functional groups attached to an aromatic ring is 1. The number of nitrogens with two attached hydrogens (primary N) is 1. The molecule has 3 heterocycles. The Balaban J connectivity index is 1.60. The average molecular weight is 539 g/mol. The molecular formula is C30H24F2N6O2.